The molecule has 2 N–H and O–H groups in total. The van der Waals surface area contributed by atoms with Crippen LogP contribution in [0.15, 0.2) is 42.5 Å². The molecular formula is C19H20N2O4. The van der Waals surface area contributed by atoms with Crippen LogP contribution >= 0.6 is 0 Å². The highest BCUT2D eigenvalue weighted by Gasteiger charge is 2.11. The van der Waals surface area contributed by atoms with Crippen molar-refractivity contribution in [1.29, 1.82) is 0 Å². The van der Waals surface area contributed by atoms with Crippen LogP contribution in [0, 0.1) is 0 Å². The summed E-state index contributed by atoms with van der Waals surface area (Å²) in [6, 6.07) is 12.8. The average molecular weight is 340 g/mol. The first-order chi connectivity index (χ1) is 12.2. The summed E-state index contributed by atoms with van der Waals surface area (Å²) < 4.78 is 10.4. The molecule has 0 bridgehead atoms. The van der Waals surface area contributed by atoms with Crippen LogP contribution in [-0.4, -0.2) is 34.3 Å². The summed E-state index contributed by atoms with van der Waals surface area (Å²) in [5, 5.41) is 10.3. The largest absolute Gasteiger partial charge is 0.507 e. The van der Waals surface area contributed by atoms with Gasteiger partial charge in [0.2, 0.25) is 0 Å². The second-order valence-corrected chi connectivity index (χ2v) is 5.54. The van der Waals surface area contributed by atoms with Gasteiger partial charge in [-0.2, -0.15) is 0 Å². The number of hydrogen-bond donors (Lipinski definition) is 2. The molecule has 0 radical (unpaired) electrons. The van der Waals surface area contributed by atoms with Crippen molar-refractivity contribution in [2.75, 3.05) is 13.2 Å². The number of para-hydroxylation sites is 2. The SMILES string of the molecule is CCOC(=O)CCCOc1ccc(-c2nc3ccccc3[nH]2)c(O)c1. The van der Waals surface area contributed by atoms with E-state index in [1.807, 2.05) is 24.3 Å². The zero-order valence-corrected chi connectivity index (χ0v) is 14.0. The van der Waals surface area contributed by atoms with Crippen molar-refractivity contribution in [3.63, 3.8) is 0 Å². The molecule has 6 nitrogen and oxygen atoms in total. The van der Waals surface area contributed by atoms with Crippen LogP contribution in [0.25, 0.3) is 22.4 Å². The number of rotatable bonds is 7. The number of hydrogen-bond acceptors (Lipinski definition) is 5. The summed E-state index contributed by atoms with van der Waals surface area (Å²) in [4.78, 5) is 18.9. The number of aromatic amines is 1. The van der Waals surface area contributed by atoms with E-state index in [1.165, 1.54) is 0 Å². The Kier molecular flexibility index (Phi) is 5.18. The molecule has 2 aromatic carbocycles. The molecule has 1 aromatic heterocycles. The number of fused-ring (bicyclic) bond motifs is 1. The molecule has 3 aromatic rings. The van der Waals surface area contributed by atoms with Gasteiger partial charge in [0.15, 0.2) is 0 Å². The monoisotopic (exact) mass is 340 g/mol. The van der Waals surface area contributed by atoms with Gasteiger partial charge in [-0.1, -0.05) is 12.1 Å². The predicted molar refractivity (Wildman–Crippen MR) is 94.6 cm³/mol. The first-order valence-electron chi connectivity index (χ1n) is 8.24. The smallest absolute Gasteiger partial charge is 0.305 e. The van der Waals surface area contributed by atoms with Crippen molar-refractivity contribution in [3.8, 4) is 22.9 Å². The topological polar surface area (TPSA) is 84.4 Å². The van der Waals surface area contributed by atoms with Crippen molar-refractivity contribution >= 4 is 17.0 Å². The Morgan fingerprint density at radius 3 is 2.84 bits per heavy atom. The molecule has 0 spiro atoms. The van der Waals surface area contributed by atoms with Gasteiger partial charge in [0.25, 0.3) is 0 Å². The van der Waals surface area contributed by atoms with E-state index in [0.29, 0.717) is 43.2 Å². The number of nitrogens with zero attached hydrogens (tertiary/aromatic N) is 1. The number of carbonyl (C=O) groups excluding carboxylic acids is 1. The van der Waals surface area contributed by atoms with E-state index in [4.69, 9.17) is 9.47 Å². The minimum atomic E-state index is -0.228. The molecule has 0 aliphatic rings. The highest BCUT2D eigenvalue weighted by molar-refractivity contribution is 5.80. The number of nitrogens with one attached hydrogen (secondary N) is 1. The molecule has 0 aliphatic carbocycles. The van der Waals surface area contributed by atoms with Crippen LogP contribution in [0.2, 0.25) is 0 Å². The Morgan fingerprint density at radius 2 is 2.08 bits per heavy atom. The first-order valence-corrected chi connectivity index (χ1v) is 8.24. The molecule has 0 aliphatic heterocycles. The Morgan fingerprint density at radius 1 is 1.24 bits per heavy atom. The molecule has 25 heavy (non-hydrogen) atoms. The molecule has 0 amide bonds. The van der Waals surface area contributed by atoms with Crippen molar-refractivity contribution in [2.45, 2.75) is 19.8 Å². The van der Waals surface area contributed by atoms with Crippen LogP contribution in [0.4, 0.5) is 0 Å². The Labute approximate surface area is 145 Å². The van der Waals surface area contributed by atoms with E-state index >= 15 is 0 Å². The van der Waals surface area contributed by atoms with Gasteiger partial charge in [0.1, 0.15) is 17.3 Å². The normalized spacial score (nSPS) is 10.8. The molecule has 0 unspecified atom stereocenters. The lowest BCUT2D eigenvalue weighted by atomic mass is 10.2. The molecule has 1 heterocycles. The number of esters is 1. The number of phenolic OH excluding ortho intramolecular Hbond substituents is 1. The number of aromatic nitrogens is 2. The fraction of sp³-hybridized carbons (Fsp3) is 0.263. The van der Waals surface area contributed by atoms with Crippen LogP contribution in [-0.2, 0) is 9.53 Å². The number of imidazole rings is 1. The van der Waals surface area contributed by atoms with Crippen molar-refractivity contribution in [2.24, 2.45) is 0 Å². The zero-order chi connectivity index (χ0) is 17.6. The lowest BCUT2D eigenvalue weighted by Gasteiger charge is -2.08. The number of ether oxygens (including phenoxy) is 2. The maximum atomic E-state index is 11.3. The Balaban J connectivity index is 1.63. The van der Waals surface area contributed by atoms with E-state index in [0.717, 1.165) is 11.0 Å². The molecule has 0 saturated carbocycles. The van der Waals surface area contributed by atoms with E-state index < -0.39 is 0 Å². The second kappa shape index (κ2) is 7.70. The number of benzene rings is 2. The summed E-state index contributed by atoms with van der Waals surface area (Å²) in [7, 11) is 0. The maximum Gasteiger partial charge on any atom is 0.305 e. The molecular weight excluding hydrogens is 320 g/mol. The molecule has 130 valence electrons. The summed E-state index contributed by atoms with van der Waals surface area (Å²) in [6.45, 7) is 2.54. The van der Waals surface area contributed by atoms with Gasteiger partial charge in [-0.3, -0.25) is 4.79 Å². The fourth-order valence-electron chi connectivity index (χ4n) is 2.52. The summed E-state index contributed by atoms with van der Waals surface area (Å²) in [5.74, 6) is 1.00. The van der Waals surface area contributed by atoms with Gasteiger partial charge in [-0.15, -0.1) is 0 Å². The number of aromatic hydroxyl groups is 1. The molecule has 0 saturated heterocycles. The van der Waals surface area contributed by atoms with E-state index in [2.05, 4.69) is 9.97 Å². The van der Waals surface area contributed by atoms with E-state index in [-0.39, 0.29) is 11.7 Å². The van der Waals surface area contributed by atoms with Crippen LogP contribution < -0.4 is 4.74 Å². The van der Waals surface area contributed by atoms with Gasteiger partial charge in [0.05, 0.1) is 29.8 Å². The van der Waals surface area contributed by atoms with Crippen molar-refractivity contribution in [3.05, 3.63) is 42.5 Å². The zero-order valence-electron chi connectivity index (χ0n) is 14.0. The standard InChI is InChI=1S/C19H20N2O4/c1-2-24-18(23)8-5-11-25-13-9-10-14(17(22)12-13)19-20-15-6-3-4-7-16(15)21-19/h3-4,6-7,9-10,12,22H,2,5,8,11H2,1H3,(H,20,21). The lowest BCUT2D eigenvalue weighted by Crippen LogP contribution is -2.06. The minimum Gasteiger partial charge on any atom is -0.507 e. The second-order valence-electron chi connectivity index (χ2n) is 5.54. The Hall–Kier alpha value is -3.02. The van der Waals surface area contributed by atoms with Crippen molar-refractivity contribution in [1.82, 2.24) is 9.97 Å². The quantitative estimate of drug-likeness (QED) is 0.506. The number of H-pyrrole nitrogens is 1. The van der Waals surface area contributed by atoms with Gasteiger partial charge in [-0.25, -0.2) is 4.98 Å². The van der Waals surface area contributed by atoms with Gasteiger partial charge >= 0.3 is 5.97 Å². The third kappa shape index (κ3) is 4.09. The van der Waals surface area contributed by atoms with E-state index in [9.17, 15) is 9.90 Å². The maximum absolute atomic E-state index is 11.3. The van der Waals surface area contributed by atoms with Gasteiger partial charge in [-0.05, 0) is 37.6 Å². The van der Waals surface area contributed by atoms with Gasteiger partial charge in [0, 0.05) is 12.5 Å². The molecule has 3 rings (SSSR count). The third-order valence-electron chi connectivity index (χ3n) is 3.71. The number of carbonyl (C=O) groups is 1. The minimum absolute atomic E-state index is 0.0851. The van der Waals surface area contributed by atoms with Crippen LogP contribution in [0.5, 0.6) is 11.5 Å². The van der Waals surface area contributed by atoms with Crippen molar-refractivity contribution < 1.29 is 19.4 Å². The average Bonchev–Trinajstić information content (AvgIpc) is 3.03. The predicted octanol–water partition coefficient (Wildman–Crippen LogP) is 3.66. The van der Waals surface area contributed by atoms with Crippen LogP contribution in [0.3, 0.4) is 0 Å². The highest BCUT2D eigenvalue weighted by atomic mass is 16.5. The Bertz CT molecular complexity index is 840. The van der Waals surface area contributed by atoms with E-state index in [1.54, 1.807) is 25.1 Å². The molecule has 6 heteroatoms. The highest BCUT2D eigenvalue weighted by Crippen LogP contribution is 2.31. The molecule has 0 fully saturated rings. The van der Waals surface area contributed by atoms with Crippen LogP contribution in [0.1, 0.15) is 19.8 Å². The molecule has 0 atom stereocenters. The lowest BCUT2D eigenvalue weighted by molar-refractivity contribution is -0.143. The first kappa shape index (κ1) is 16.8. The summed E-state index contributed by atoms with van der Waals surface area (Å²) >= 11 is 0. The fourth-order valence-corrected chi connectivity index (χ4v) is 2.52. The number of phenols is 1. The summed E-state index contributed by atoms with van der Waals surface area (Å²) in [6.07, 6.45) is 0.877. The van der Waals surface area contributed by atoms with Gasteiger partial charge < -0.3 is 19.6 Å². The summed E-state index contributed by atoms with van der Waals surface area (Å²) in [5.41, 5.74) is 2.36. The third-order valence-corrected chi connectivity index (χ3v) is 3.71.